The first-order valence-corrected chi connectivity index (χ1v) is 8.46. The van der Waals surface area contributed by atoms with E-state index in [0.29, 0.717) is 10.9 Å². The highest BCUT2D eigenvalue weighted by molar-refractivity contribution is 6.30. The minimum Gasteiger partial charge on any atom is -0.497 e. The Bertz CT molecular complexity index is 696. The molecule has 2 aromatic rings. The Hall–Kier alpha value is -2.20. The van der Waals surface area contributed by atoms with Crippen LogP contribution >= 0.6 is 11.6 Å². The first kappa shape index (κ1) is 16.7. The Kier molecular flexibility index (Phi) is 4.95. The molecule has 2 amide bonds. The van der Waals surface area contributed by atoms with Gasteiger partial charge in [0.1, 0.15) is 5.75 Å². The van der Waals surface area contributed by atoms with Gasteiger partial charge in [0.25, 0.3) is 0 Å². The highest BCUT2D eigenvalue weighted by Gasteiger charge is 2.35. The summed E-state index contributed by atoms with van der Waals surface area (Å²) >= 11 is 5.90. The summed E-state index contributed by atoms with van der Waals surface area (Å²) in [5, 5.41) is 3.60. The summed E-state index contributed by atoms with van der Waals surface area (Å²) in [4.78, 5) is 14.7. The van der Waals surface area contributed by atoms with Gasteiger partial charge in [-0.05, 0) is 74.2 Å². The number of methoxy groups -OCH3 is 1. The molecule has 1 aliphatic carbocycles. The second-order valence-corrected chi connectivity index (χ2v) is 6.52. The van der Waals surface area contributed by atoms with E-state index < -0.39 is 0 Å². The second kappa shape index (κ2) is 7.14. The van der Waals surface area contributed by atoms with Gasteiger partial charge in [0.05, 0.1) is 7.11 Å². The fourth-order valence-corrected chi connectivity index (χ4v) is 2.91. The lowest BCUT2D eigenvalue weighted by molar-refractivity contribution is 0.254. The number of nitrogens with one attached hydrogen (secondary N) is 1. The molecule has 1 aliphatic rings. The van der Waals surface area contributed by atoms with Crippen molar-refractivity contribution in [1.29, 1.82) is 0 Å². The van der Waals surface area contributed by atoms with E-state index in [1.165, 1.54) is 12.8 Å². The molecule has 1 atom stereocenters. The van der Waals surface area contributed by atoms with Gasteiger partial charge in [-0.25, -0.2) is 4.79 Å². The zero-order valence-corrected chi connectivity index (χ0v) is 14.6. The van der Waals surface area contributed by atoms with Crippen LogP contribution in [0.1, 0.15) is 19.8 Å². The Morgan fingerprint density at radius 2 is 1.79 bits per heavy atom. The van der Waals surface area contributed by atoms with Gasteiger partial charge in [0.15, 0.2) is 0 Å². The van der Waals surface area contributed by atoms with Gasteiger partial charge in [0.2, 0.25) is 0 Å². The van der Waals surface area contributed by atoms with Crippen LogP contribution in [0.4, 0.5) is 16.2 Å². The normalized spacial score (nSPS) is 14.8. The van der Waals surface area contributed by atoms with Gasteiger partial charge in [0, 0.05) is 22.4 Å². The molecular weight excluding hydrogens is 324 g/mol. The summed E-state index contributed by atoms with van der Waals surface area (Å²) in [7, 11) is 1.63. The number of halogens is 1. The molecule has 24 heavy (non-hydrogen) atoms. The SMILES string of the molecule is COc1ccc(N(C(=O)Nc2ccc(Cl)cc2)[C@H](C)C2CC2)cc1. The number of benzene rings is 2. The van der Waals surface area contributed by atoms with E-state index in [-0.39, 0.29) is 12.1 Å². The fraction of sp³-hybridized carbons (Fsp3) is 0.316. The summed E-state index contributed by atoms with van der Waals surface area (Å²) < 4.78 is 5.20. The molecule has 2 aromatic carbocycles. The van der Waals surface area contributed by atoms with Crippen molar-refractivity contribution in [3.63, 3.8) is 0 Å². The summed E-state index contributed by atoms with van der Waals surface area (Å²) in [6.45, 7) is 2.10. The molecule has 0 unspecified atom stereocenters. The average molecular weight is 345 g/mol. The van der Waals surface area contributed by atoms with Crippen LogP contribution in [0, 0.1) is 5.92 Å². The molecule has 0 aromatic heterocycles. The number of hydrogen-bond donors (Lipinski definition) is 1. The van der Waals surface area contributed by atoms with E-state index in [1.54, 1.807) is 31.4 Å². The van der Waals surface area contributed by atoms with Gasteiger partial charge in [-0.2, -0.15) is 0 Å². The van der Waals surface area contributed by atoms with Gasteiger partial charge in [-0.3, -0.25) is 4.90 Å². The number of carbonyl (C=O) groups is 1. The van der Waals surface area contributed by atoms with Crippen molar-refractivity contribution in [2.75, 3.05) is 17.3 Å². The van der Waals surface area contributed by atoms with Crippen LogP contribution in [0.2, 0.25) is 5.02 Å². The zero-order chi connectivity index (χ0) is 17.1. The van der Waals surface area contributed by atoms with E-state index in [2.05, 4.69) is 12.2 Å². The third-order valence-corrected chi connectivity index (χ3v) is 4.63. The molecule has 1 N–H and O–H groups in total. The largest absolute Gasteiger partial charge is 0.497 e. The number of nitrogens with zero attached hydrogens (tertiary/aromatic N) is 1. The molecule has 0 saturated heterocycles. The molecule has 126 valence electrons. The van der Waals surface area contributed by atoms with E-state index in [1.807, 2.05) is 29.2 Å². The van der Waals surface area contributed by atoms with Gasteiger partial charge in [-0.15, -0.1) is 0 Å². The molecule has 0 heterocycles. The molecule has 1 fully saturated rings. The van der Waals surface area contributed by atoms with Crippen LogP contribution in [0.3, 0.4) is 0 Å². The average Bonchev–Trinajstić information content (AvgIpc) is 3.43. The zero-order valence-electron chi connectivity index (χ0n) is 13.8. The summed E-state index contributed by atoms with van der Waals surface area (Å²) in [6.07, 6.45) is 2.34. The highest BCUT2D eigenvalue weighted by atomic mass is 35.5. The summed E-state index contributed by atoms with van der Waals surface area (Å²) in [5.74, 6) is 1.33. The Balaban J connectivity index is 1.82. The lowest BCUT2D eigenvalue weighted by Crippen LogP contribution is -2.42. The lowest BCUT2D eigenvalue weighted by atomic mass is 10.1. The molecule has 3 rings (SSSR count). The van der Waals surface area contributed by atoms with Crippen molar-refractivity contribution in [2.45, 2.75) is 25.8 Å². The van der Waals surface area contributed by atoms with Gasteiger partial charge < -0.3 is 10.1 Å². The third-order valence-electron chi connectivity index (χ3n) is 4.38. The van der Waals surface area contributed by atoms with Gasteiger partial charge in [-0.1, -0.05) is 11.6 Å². The standard InChI is InChI=1S/C19H21ClN2O2/c1-13(14-3-4-14)22(17-9-11-18(24-2)12-10-17)19(23)21-16-7-5-15(20)6-8-16/h5-14H,3-4H2,1-2H3,(H,21,23)/t13-/m1/s1. The number of hydrogen-bond acceptors (Lipinski definition) is 2. The number of urea groups is 1. The van der Waals surface area contributed by atoms with Crippen LogP contribution in [-0.4, -0.2) is 19.2 Å². The van der Waals surface area contributed by atoms with Crippen molar-refractivity contribution < 1.29 is 9.53 Å². The molecule has 5 heteroatoms. The van der Waals surface area contributed by atoms with Crippen LogP contribution in [-0.2, 0) is 0 Å². The van der Waals surface area contributed by atoms with E-state index >= 15 is 0 Å². The van der Waals surface area contributed by atoms with E-state index in [0.717, 1.165) is 17.1 Å². The molecule has 0 spiro atoms. The maximum atomic E-state index is 12.9. The molecule has 1 saturated carbocycles. The molecule has 0 aliphatic heterocycles. The number of anilines is 2. The number of amides is 2. The first-order chi connectivity index (χ1) is 11.6. The van der Waals surface area contributed by atoms with E-state index in [4.69, 9.17) is 16.3 Å². The van der Waals surface area contributed by atoms with Crippen molar-refractivity contribution in [3.05, 3.63) is 53.6 Å². The Morgan fingerprint density at radius 3 is 2.33 bits per heavy atom. The van der Waals surface area contributed by atoms with Crippen molar-refractivity contribution in [2.24, 2.45) is 5.92 Å². The molecule has 0 radical (unpaired) electrons. The van der Waals surface area contributed by atoms with Crippen LogP contribution < -0.4 is 15.0 Å². The first-order valence-electron chi connectivity index (χ1n) is 8.08. The lowest BCUT2D eigenvalue weighted by Gasteiger charge is -2.30. The topological polar surface area (TPSA) is 41.6 Å². The maximum Gasteiger partial charge on any atom is 0.326 e. The quantitative estimate of drug-likeness (QED) is 0.811. The van der Waals surface area contributed by atoms with Crippen molar-refractivity contribution >= 4 is 29.0 Å². The molecule has 0 bridgehead atoms. The molecule has 4 nitrogen and oxygen atoms in total. The van der Waals surface area contributed by atoms with E-state index in [9.17, 15) is 4.79 Å². The minimum atomic E-state index is -0.137. The predicted molar refractivity (Wildman–Crippen MR) is 98.1 cm³/mol. The minimum absolute atomic E-state index is 0.137. The molecular formula is C19H21ClN2O2. The third kappa shape index (κ3) is 3.82. The highest BCUT2D eigenvalue weighted by Crippen LogP contribution is 2.37. The van der Waals surface area contributed by atoms with Crippen molar-refractivity contribution in [1.82, 2.24) is 0 Å². The Labute approximate surface area is 147 Å². The number of rotatable bonds is 5. The van der Waals surface area contributed by atoms with Crippen molar-refractivity contribution in [3.8, 4) is 5.75 Å². The smallest absolute Gasteiger partial charge is 0.326 e. The number of ether oxygens (including phenoxy) is 1. The van der Waals surface area contributed by atoms with Crippen LogP contribution in [0.5, 0.6) is 5.75 Å². The fourth-order valence-electron chi connectivity index (χ4n) is 2.79. The summed E-state index contributed by atoms with van der Waals surface area (Å²) in [6, 6.07) is 14.7. The monoisotopic (exact) mass is 344 g/mol. The van der Waals surface area contributed by atoms with Gasteiger partial charge >= 0.3 is 6.03 Å². The Morgan fingerprint density at radius 1 is 1.17 bits per heavy atom. The second-order valence-electron chi connectivity index (χ2n) is 6.08. The maximum absolute atomic E-state index is 12.9. The summed E-state index contributed by atoms with van der Waals surface area (Å²) in [5.41, 5.74) is 1.59. The van der Waals surface area contributed by atoms with Crippen LogP contribution in [0.15, 0.2) is 48.5 Å². The number of carbonyl (C=O) groups excluding carboxylic acids is 1. The predicted octanol–water partition coefficient (Wildman–Crippen LogP) is 5.19. The van der Waals surface area contributed by atoms with Crippen LogP contribution in [0.25, 0.3) is 0 Å².